The number of hydrogen-bond donors (Lipinski definition) is 0. The third-order valence-corrected chi connectivity index (χ3v) is 25.6. The van der Waals surface area contributed by atoms with Gasteiger partial charge in [0.15, 0.2) is 0 Å². The van der Waals surface area contributed by atoms with Gasteiger partial charge in [-0.05, 0) is 319 Å². The van der Waals surface area contributed by atoms with Crippen molar-refractivity contribution in [3.8, 4) is 61.4 Å². The maximum atomic E-state index is 5.25. The average molecular weight is 1890 g/mol. The van der Waals surface area contributed by atoms with E-state index in [1.54, 1.807) is 7.11 Å². The fourth-order valence-electron chi connectivity index (χ4n) is 18.0. The highest BCUT2D eigenvalue weighted by molar-refractivity contribution is 5.86. The molecule has 0 unspecified atom stereocenters. The van der Waals surface area contributed by atoms with Crippen molar-refractivity contribution >= 4 is 102 Å². The van der Waals surface area contributed by atoms with Gasteiger partial charge in [0, 0.05) is 102 Å². The summed E-state index contributed by atoms with van der Waals surface area (Å²) in [5, 5.41) is 0. The Morgan fingerprint density at radius 2 is 0.260 bits per heavy atom. The Hall–Kier alpha value is -18.6. The second-order valence-corrected chi connectivity index (χ2v) is 35.7. The highest BCUT2D eigenvalue weighted by Gasteiger charge is 2.21. The smallest absolute Gasteiger partial charge is 0.118 e. The molecule has 0 amide bonds. The number of methoxy groups -OCH3 is 1. The van der Waals surface area contributed by atoms with Crippen LogP contribution in [0, 0.1) is 20.8 Å². The molecule has 0 aliphatic heterocycles. The van der Waals surface area contributed by atoms with Crippen molar-refractivity contribution in [2.45, 2.75) is 40.5 Å². The molecule has 0 radical (unpaired) electrons. The van der Waals surface area contributed by atoms with E-state index in [4.69, 9.17) is 4.74 Å². The van der Waals surface area contributed by atoms with Crippen LogP contribution in [0.5, 0.6) is 5.75 Å². The minimum absolute atomic E-state index is 0.870. The molecule has 22 rings (SSSR count). The van der Waals surface area contributed by atoms with Gasteiger partial charge in [-0.1, -0.05) is 400 Å². The predicted molar refractivity (Wildman–Crippen MR) is 622 cm³/mol. The first kappa shape index (κ1) is 97.7. The second kappa shape index (κ2) is 49.5. The zero-order valence-electron chi connectivity index (χ0n) is 83.2. The van der Waals surface area contributed by atoms with Crippen molar-refractivity contribution in [3.63, 3.8) is 0 Å². The Labute approximate surface area is 862 Å². The summed E-state index contributed by atoms with van der Waals surface area (Å²) in [5.41, 5.74) is 38.0. The van der Waals surface area contributed by atoms with Crippen LogP contribution < -0.4 is 34.1 Å². The first-order chi connectivity index (χ1) is 72.1. The normalized spacial score (nSPS) is 10.6. The Bertz CT molecular complexity index is 7310. The third-order valence-electron chi connectivity index (χ3n) is 25.6. The lowest BCUT2D eigenvalue weighted by atomic mass is 10.0. The maximum Gasteiger partial charge on any atom is 0.118 e. The molecule has 22 aromatic rings. The van der Waals surface area contributed by atoms with Crippen LogP contribution in [0.4, 0.5) is 102 Å². The lowest BCUT2D eigenvalue weighted by Crippen LogP contribution is -2.09. The number of nitrogens with zero attached hydrogens (tertiary/aromatic N) is 6. The number of benzene rings is 22. The quantitative estimate of drug-likeness (QED) is 0.0534. The molecular weight excluding hydrogens is 1770 g/mol. The average Bonchev–Trinajstić information content (AvgIpc) is 0.819. The summed E-state index contributed by atoms with van der Waals surface area (Å²) in [6.45, 7) is 8.58. The van der Waals surface area contributed by atoms with E-state index in [0.29, 0.717) is 0 Å². The number of hydrogen-bond acceptors (Lipinski definition) is 7. The molecule has 0 heterocycles. The van der Waals surface area contributed by atoms with Crippen LogP contribution in [0.1, 0.15) is 35.6 Å². The SMILES string of the molecule is CCCc1ccc(-c2ccc(N(c3ccccc3)c3ccc(C)cc3)cc2)cc1.COc1ccc(-c2ccc(N(c3ccccc3)c3ccccc3)cc2)cc1.Cc1ccc(N(c2ccc(C)cc2)c2ccc(-c3ccccc3)cc2)cc1.c1ccc(-c2ccc(N(c3ccccc3)c3ccccc3)cc2)cc1.c1ccc(N(c2ccccc2)c2ccc(-c3ccc(N(c4ccccc4)c4ccccc4)cc3)cc2)cc1. The van der Waals surface area contributed by atoms with Crippen molar-refractivity contribution in [1.29, 1.82) is 0 Å². The molecule has 0 fully saturated rings. The van der Waals surface area contributed by atoms with Crippen molar-refractivity contribution in [3.05, 3.63) is 623 Å². The van der Waals surface area contributed by atoms with Crippen molar-refractivity contribution in [1.82, 2.24) is 0 Å². The Morgan fingerprint density at radius 3 is 0.411 bits per heavy atom. The van der Waals surface area contributed by atoms with Crippen LogP contribution in [0.25, 0.3) is 55.6 Å². The molecule has 0 aliphatic rings. The summed E-state index contributed by atoms with van der Waals surface area (Å²) >= 11 is 0. The molecular formula is C139H118N6O. The van der Waals surface area contributed by atoms with E-state index >= 15 is 0 Å². The van der Waals surface area contributed by atoms with Gasteiger partial charge in [0.1, 0.15) is 5.75 Å². The lowest BCUT2D eigenvalue weighted by molar-refractivity contribution is 0.415. The molecule has 7 heteroatoms. The van der Waals surface area contributed by atoms with Gasteiger partial charge in [0.05, 0.1) is 7.11 Å². The summed E-state index contributed by atoms with van der Waals surface area (Å²) in [5.74, 6) is 0.870. The van der Waals surface area contributed by atoms with Gasteiger partial charge in [-0.3, -0.25) is 0 Å². The van der Waals surface area contributed by atoms with Gasteiger partial charge in [-0.25, -0.2) is 0 Å². The lowest BCUT2D eigenvalue weighted by Gasteiger charge is -2.26. The first-order valence-electron chi connectivity index (χ1n) is 50.0. The van der Waals surface area contributed by atoms with Crippen LogP contribution in [0.3, 0.4) is 0 Å². The minimum Gasteiger partial charge on any atom is -0.497 e. The van der Waals surface area contributed by atoms with E-state index in [0.717, 1.165) is 109 Å². The van der Waals surface area contributed by atoms with Gasteiger partial charge in [0.25, 0.3) is 0 Å². The summed E-state index contributed by atoms with van der Waals surface area (Å²) in [6.07, 6.45) is 2.32. The van der Waals surface area contributed by atoms with E-state index in [1.807, 2.05) is 48.5 Å². The topological polar surface area (TPSA) is 28.7 Å². The van der Waals surface area contributed by atoms with E-state index in [-0.39, 0.29) is 0 Å². The summed E-state index contributed by atoms with van der Waals surface area (Å²) < 4.78 is 5.25. The Morgan fingerprint density at radius 1 is 0.137 bits per heavy atom. The Balaban J connectivity index is 0.000000121. The van der Waals surface area contributed by atoms with E-state index in [9.17, 15) is 0 Å². The molecule has 0 spiro atoms. The number of ether oxygens (including phenoxy) is 1. The monoisotopic (exact) mass is 1890 g/mol. The number of aryl methyl sites for hydroxylation is 4. The second-order valence-electron chi connectivity index (χ2n) is 35.7. The van der Waals surface area contributed by atoms with Crippen LogP contribution in [0.15, 0.2) is 601 Å². The van der Waals surface area contributed by atoms with E-state index < -0.39 is 0 Å². The van der Waals surface area contributed by atoms with Gasteiger partial charge >= 0.3 is 0 Å². The highest BCUT2D eigenvalue weighted by Crippen LogP contribution is 2.44. The molecule has 0 saturated heterocycles. The van der Waals surface area contributed by atoms with Crippen molar-refractivity contribution < 1.29 is 4.74 Å². The summed E-state index contributed by atoms with van der Waals surface area (Å²) in [7, 11) is 1.69. The first-order valence-corrected chi connectivity index (χ1v) is 50.0. The zero-order chi connectivity index (χ0) is 99.6. The van der Waals surface area contributed by atoms with E-state index in [1.165, 1.54) is 90.0 Å². The van der Waals surface area contributed by atoms with Crippen LogP contribution in [-0.2, 0) is 6.42 Å². The molecule has 7 nitrogen and oxygen atoms in total. The van der Waals surface area contributed by atoms with Crippen LogP contribution >= 0.6 is 0 Å². The predicted octanol–water partition coefficient (Wildman–Crippen LogP) is 39.5. The summed E-state index contributed by atoms with van der Waals surface area (Å²) in [4.78, 5) is 13.7. The fraction of sp³-hybridized carbons (Fsp3) is 0.0504. The van der Waals surface area contributed by atoms with E-state index in [2.05, 4.69) is 609 Å². The van der Waals surface area contributed by atoms with Crippen molar-refractivity contribution in [2.75, 3.05) is 36.5 Å². The minimum atomic E-state index is 0.870. The molecule has 0 aliphatic carbocycles. The zero-order valence-corrected chi connectivity index (χ0v) is 83.2. The standard InChI is InChI=1S/C36H28N2.C28H27N.C26H23N.C25H21NO.C24H19N/c1-5-13-31(14-6-1)37(32-15-7-2-8-16-32)35-25-21-29(22-26-35)30-23-27-36(28-24-30)38(33-17-9-3-10-18-33)34-19-11-4-12-20-34;1-3-7-23-12-14-24(15-13-23)25-16-20-28(21-17-25)29(26-8-5-4-6-9-26)27-18-10-22(2)11-19-27;1-20-8-14-24(15-9-20)27(25-16-10-21(2)11-17-25)26-18-12-23(13-19-26)22-6-4-3-5-7-22;1-27-25-18-14-21(15-19-25)20-12-16-24(17-13-20)26(22-8-4-2-5-9-22)23-10-6-3-7-11-23;1-4-10-20(11-5-1)21-16-18-24(19-17-21)25(22-12-6-2-7-13-22)23-14-8-3-9-15-23/h1-28H;4-6,8-21H,3,7H2,1-2H3;3-19H,1-2H3;2-19H,1H3;1-19H. The van der Waals surface area contributed by atoms with Gasteiger partial charge < -0.3 is 34.1 Å². The van der Waals surface area contributed by atoms with Crippen LogP contribution in [0.2, 0.25) is 0 Å². The Kier molecular flexibility index (Phi) is 33.1. The molecule has 0 atom stereocenters. The summed E-state index contributed by atoms with van der Waals surface area (Å²) in [6, 6.07) is 211. The highest BCUT2D eigenvalue weighted by atomic mass is 16.5. The molecule has 710 valence electrons. The number of rotatable bonds is 26. The van der Waals surface area contributed by atoms with Crippen LogP contribution in [-0.4, -0.2) is 7.11 Å². The van der Waals surface area contributed by atoms with Gasteiger partial charge in [-0.15, -0.1) is 0 Å². The molecule has 22 aromatic carbocycles. The van der Waals surface area contributed by atoms with Crippen molar-refractivity contribution in [2.24, 2.45) is 0 Å². The molecule has 146 heavy (non-hydrogen) atoms. The number of para-hydroxylation sites is 9. The number of anilines is 18. The molecule has 0 saturated carbocycles. The fourth-order valence-corrected chi connectivity index (χ4v) is 18.0. The van der Waals surface area contributed by atoms with Gasteiger partial charge in [-0.2, -0.15) is 0 Å². The van der Waals surface area contributed by atoms with Gasteiger partial charge in [0.2, 0.25) is 0 Å². The largest absolute Gasteiger partial charge is 0.497 e. The third kappa shape index (κ3) is 25.4. The molecule has 0 N–H and O–H groups in total. The maximum absolute atomic E-state index is 5.25. The molecule has 0 bridgehead atoms. The molecule has 0 aromatic heterocycles.